The normalized spacial score (nSPS) is 18.5. The number of thioether (sulfide) groups is 1. The topological polar surface area (TPSA) is 92.8 Å². The molecule has 3 rings (SSSR count). The van der Waals surface area contributed by atoms with E-state index in [1.54, 1.807) is 24.3 Å². The molecule has 2 aliphatic rings. The maximum atomic E-state index is 12.9. The van der Waals surface area contributed by atoms with E-state index >= 15 is 0 Å². The van der Waals surface area contributed by atoms with Crippen molar-refractivity contribution in [3.05, 3.63) is 35.4 Å². The lowest BCUT2D eigenvalue weighted by molar-refractivity contribution is -0.158. The van der Waals surface area contributed by atoms with Gasteiger partial charge in [-0.05, 0) is 50.3 Å². The predicted octanol–water partition coefficient (Wildman–Crippen LogP) is 2.39. The second kappa shape index (κ2) is 9.43. The van der Waals surface area contributed by atoms with Crippen LogP contribution in [0.2, 0.25) is 0 Å². The third kappa shape index (κ3) is 4.63. The molecule has 8 heteroatoms. The van der Waals surface area contributed by atoms with Gasteiger partial charge in [0.05, 0.1) is 11.1 Å². The fraction of sp³-hybridized carbons (Fsp3) is 0.524. The van der Waals surface area contributed by atoms with Crippen molar-refractivity contribution in [1.29, 1.82) is 0 Å². The Kier molecular flexibility index (Phi) is 6.95. The number of carbonyl (C=O) groups is 4. The van der Waals surface area contributed by atoms with Crippen LogP contribution >= 0.6 is 11.8 Å². The van der Waals surface area contributed by atoms with Crippen LogP contribution in [0.15, 0.2) is 24.3 Å². The molecule has 156 valence electrons. The summed E-state index contributed by atoms with van der Waals surface area (Å²) in [6.07, 6.45) is 5.17. The first kappa shape index (κ1) is 21.4. The molecule has 0 unspecified atom stereocenters. The molecule has 1 saturated carbocycles. The third-order valence-electron chi connectivity index (χ3n) is 5.37. The van der Waals surface area contributed by atoms with Gasteiger partial charge >= 0.3 is 5.97 Å². The van der Waals surface area contributed by atoms with E-state index in [1.807, 2.05) is 6.26 Å². The van der Waals surface area contributed by atoms with Crippen LogP contribution in [0, 0.1) is 0 Å². The fourth-order valence-corrected chi connectivity index (χ4v) is 4.23. The predicted molar refractivity (Wildman–Crippen MR) is 110 cm³/mol. The number of ether oxygens (including phenoxy) is 1. The quantitative estimate of drug-likeness (QED) is 0.515. The highest BCUT2D eigenvalue weighted by atomic mass is 32.2. The molecule has 3 amide bonds. The number of amides is 3. The van der Waals surface area contributed by atoms with Crippen LogP contribution in [-0.2, 0) is 14.3 Å². The van der Waals surface area contributed by atoms with Crippen molar-refractivity contribution in [2.24, 2.45) is 0 Å². The minimum atomic E-state index is -1.06. The Morgan fingerprint density at radius 1 is 1.17 bits per heavy atom. The lowest BCUT2D eigenvalue weighted by Gasteiger charge is -2.26. The van der Waals surface area contributed by atoms with Gasteiger partial charge < -0.3 is 10.1 Å². The average molecular weight is 419 g/mol. The van der Waals surface area contributed by atoms with E-state index in [1.165, 1.54) is 18.7 Å². The Morgan fingerprint density at radius 2 is 1.76 bits per heavy atom. The maximum Gasteiger partial charge on any atom is 0.330 e. The number of hydrogen-bond acceptors (Lipinski definition) is 6. The summed E-state index contributed by atoms with van der Waals surface area (Å²) in [5, 5.41) is 2.90. The Bertz CT molecular complexity index is 771. The van der Waals surface area contributed by atoms with Gasteiger partial charge in [-0.3, -0.25) is 19.3 Å². The Labute approximate surface area is 174 Å². The molecule has 0 aromatic heterocycles. The number of esters is 1. The molecule has 1 aliphatic carbocycles. The molecule has 1 aromatic rings. The van der Waals surface area contributed by atoms with Crippen molar-refractivity contribution in [2.45, 2.75) is 57.2 Å². The largest absolute Gasteiger partial charge is 0.451 e. The summed E-state index contributed by atoms with van der Waals surface area (Å²) in [6, 6.07) is 5.56. The number of rotatable bonds is 8. The molecule has 0 saturated heterocycles. The minimum Gasteiger partial charge on any atom is -0.451 e. The number of hydrogen-bond donors (Lipinski definition) is 1. The van der Waals surface area contributed by atoms with Crippen LogP contribution in [-0.4, -0.2) is 58.8 Å². The molecular formula is C21H26N2O5S. The van der Waals surface area contributed by atoms with E-state index < -0.39 is 29.9 Å². The van der Waals surface area contributed by atoms with E-state index in [9.17, 15) is 19.2 Å². The highest BCUT2D eigenvalue weighted by molar-refractivity contribution is 7.98. The Balaban J connectivity index is 1.71. The minimum absolute atomic E-state index is 0.118. The summed E-state index contributed by atoms with van der Waals surface area (Å²) < 4.78 is 5.38. The first-order valence-corrected chi connectivity index (χ1v) is 11.3. The van der Waals surface area contributed by atoms with Gasteiger partial charge in [-0.25, -0.2) is 4.79 Å². The van der Waals surface area contributed by atoms with Crippen molar-refractivity contribution in [3.8, 4) is 0 Å². The van der Waals surface area contributed by atoms with E-state index in [2.05, 4.69) is 5.32 Å². The molecule has 0 spiro atoms. The highest BCUT2D eigenvalue weighted by Crippen LogP contribution is 2.27. The van der Waals surface area contributed by atoms with Gasteiger partial charge in [-0.1, -0.05) is 25.0 Å². The smallest absolute Gasteiger partial charge is 0.330 e. The molecule has 1 heterocycles. The van der Waals surface area contributed by atoms with Gasteiger partial charge in [0, 0.05) is 6.04 Å². The van der Waals surface area contributed by atoms with Crippen LogP contribution in [0.3, 0.4) is 0 Å². The van der Waals surface area contributed by atoms with Gasteiger partial charge in [0.25, 0.3) is 17.7 Å². The van der Waals surface area contributed by atoms with Crippen molar-refractivity contribution in [3.63, 3.8) is 0 Å². The first-order chi connectivity index (χ1) is 13.9. The fourth-order valence-electron chi connectivity index (χ4n) is 3.77. The van der Waals surface area contributed by atoms with E-state index in [-0.39, 0.29) is 29.5 Å². The number of imide groups is 1. The number of carbonyl (C=O) groups excluding carboxylic acids is 4. The molecule has 1 aliphatic heterocycles. The van der Waals surface area contributed by atoms with Gasteiger partial charge in [-0.15, -0.1) is 0 Å². The van der Waals surface area contributed by atoms with Crippen molar-refractivity contribution < 1.29 is 23.9 Å². The number of nitrogens with one attached hydrogen (secondary N) is 1. The van der Waals surface area contributed by atoms with Gasteiger partial charge in [-0.2, -0.15) is 11.8 Å². The second-order valence-electron chi connectivity index (χ2n) is 7.39. The summed E-state index contributed by atoms with van der Waals surface area (Å²) in [4.78, 5) is 51.8. The third-order valence-corrected chi connectivity index (χ3v) is 6.01. The number of benzene rings is 1. The zero-order chi connectivity index (χ0) is 21.0. The molecule has 0 bridgehead atoms. The van der Waals surface area contributed by atoms with Gasteiger partial charge in [0.15, 0.2) is 6.10 Å². The zero-order valence-corrected chi connectivity index (χ0v) is 17.5. The number of nitrogens with zero attached hydrogens (tertiary/aromatic N) is 1. The van der Waals surface area contributed by atoms with Crippen LogP contribution in [0.4, 0.5) is 0 Å². The molecule has 1 fully saturated rings. The summed E-state index contributed by atoms with van der Waals surface area (Å²) in [6.45, 7) is 1.51. The Hall–Kier alpha value is -2.35. The summed E-state index contributed by atoms with van der Waals surface area (Å²) >= 11 is 1.50. The summed E-state index contributed by atoms with van der Waals surface area (Å²) in [5.41, 5.74) is 0.568. The average Bonchev–Trinajstić information content (AvgIpc) is 3.30. The Morgan fingerprint density at radius 3 is 2.31 bits per heavy atom. The standard InChI is InChI=1S/C21H26N2O5S/c1-13(18(24)22-14-7-3-4-8-14)28-21(27)17(11-12-29-2)23-19(25)15-9-5-6-10-16(15)20(23)26/h5-6,9-10,13-14,17H,3-4,7-8,11-12H2,1-2H3,(H,22,24)/t13-,17+/m1/s1. The molecule has 1 aromatic carbocycles. The van der Waals surface area contributed by atoms with E-state index in [0.717, 1.165) is 30.6 Å². The van der Waals surface area contributed by atoms with Crippen LogP contribution < -0.4 is 5.32 Å². The van der Waals surface area contributed by atoms with E-state index in [4.69, 9.17) is 4.74 Å². The molecule has 2 atom stereocenters. The van der Waals surface area contributed by atoms with Gasteiger partial charge in [0.2, 0.25) is 0 Å². The summed E-state index contributed by atoms with van der Waals surface area (Å²) in [7, 11) is 0. The highest BCUT2D eigenvalue weighted by Gasteiger charge is 2.43. The zero-order valence-electron chi connectivity index (χ0n) is 16.7. The second-order valence-corrected chi connectivity index (χ2v) is 8.38. The van der Waals surface area contributed by atoms with Crippen LogP contribution in [0.25, 0.3) is 0 Å². The van der Waals surface area contributed by atoms with Crippen LogP contribution in [0.5, 0.6) is 0 Å². The van der Waals surface area contributed by atoms with E-state index in [0.29, 0.717) is 5.75 Å². The van der Waals surface area contributed by atoms with Gasteiger partial charge in [0.1, 0.15) is 6.04 Å². The lowest BCUT2D eigenvalue weighted by atomic mass is 10.1. The first-order valence-electron chi connectivity index (χ1n) is 9.90. The monoisotopic (exact) mass is 418 g/mol. The SMILES string of the molecule is CSCC[C@@H](C(=O)O[C@H](C)C(=O)NC1CCCC1)N1C(=O)c2ccccc2C1=O. The molecule has 1 N–H and O–H groups in total. The van der Waals surface area contributed by atoms with Crippen molar-refractivity contribution >= 4 is 35.5 Å². The lowest BCUT2D eigenvalue weighted by Crippen LogP contribution is -2.48. The van der Waals surface area contributed by atoms with Crippen LogP contribution in [0.1, 0.15) is 59.7 Å². The molecular weight excluding hydrogens is 392 g/mol. The summed E-state index contributed by atoms with van der Waals surface area (Å²) in [5.74, 6) is -1.53. The number of fused-ring (bicyclic) bond motifs is 1. The maximum absolute atomic E-state index is 12.9. The molecule has 29 heavy (non-hydrogen) atoms. The molecule has 0 radical (unpaired) electrons. The molecule has 7 nitrogen and oxygen atoms in total. The van der Waals surface area contributed by atoms with Crippen molar-refractivity contribution in [1.82, 2.24) is 10.2 Å². The van der Waals surface area contributed by atoms with Crippen molar-refractivity contribution in [2.75, 3.05) is 12.0 Å².